The van der Waals surface area contributed by atoms with Crippen molar-refractivity contribution >= 4 is 21.4 Å². The summed E-state index contributed by atoms with van der Waals surface area (Å²) in [6.45, 7) is 2.57. The lowest BCUT2D eigenvalue weighted by molar-refractivity contribution is 0.525. The molecule has 0 saturated carbocycles. The van der Waals surface area contributed by atoms with E-state index in [1.165, 1.54) is 24.3 Å². The molecule has 1 fully saturated rings. The summed E-state index contributed by atoms with van der Waals surface area (Å²) in [6.07, 6.45) is 0. The highest BCUT2D eigenvalue weighted by atomic mass is 32.2. The van der Waals surface area contributed by atoms with Crippen molar-refractivity contribution in [3.05, 3.63) is 90.7 Å². The molecule has 4 aromatic rings. The van der Waals surface area contributed by atoms with Crippen molar-refractivity contribution in [3.8, 4) is 11.5 Å². The third-order valence-electron chi connectivity index (χ3n) is 5.67. The molecule has 6 nitrogen and oxygen atoms in total. The van der Waals surface area contributed by atoms with Gasteiger partial charge in [-0.1, -0.05) is 36.4 Å². The second kappa shape index (κ2) is 8.71. The van der Waals surface area contributed by atoms with Gasteiger partial charge in [0, 0.05) is 37.4 Å². The van der Waals surface area contributed by atoms with Gasteiger partial charge in [-0.3, -0.25) is 0 Å². The average molecular weight is 464 g/mol. The van der Waals surface area contributed by atoms with Gasteiger partial charge >= 0.3 is 0 Å². The van der Waals surface area contributed by atoms with Crippen molar-refractivity contribution in [2.45, 2.75) is 9.92 Å². The summed E-state index contributed by atoms with van der Waals surface area (Å²) >= 11 is 0. The molecule has 2 heterocycles. The van der Waals surface area contributed by atoms with Crippen molar-refractivity contribution in [3.63, 3.8) is 0 Å². The molecule has 1 aliphatic rings. The van der Waals surface area contributed by atoms with Crippen molar-refractivity contribution in [1.29, 1.82) is 0 Å². The molecule has 1 aliphatic heterocycles. The zero-order valence-corrected chi connectivity index (χ0v) is 18.6. The lowest BCUT2D eigenvalue weighted by Crippen LogP contribution is -2.46. The van der Waals surface area contributed by atoms with Crippen molar-refractivity contribution in [1.82, 2.24) is 4.98 Å². The van der Waals surface area contributed by atoms with Gasteiger partial charge in [0.1, 0.15) is 5.82 Å². The van der Waals surface area contributed by atoms with Crippen LogP contribution in [0.25, 0.3) is 11.5 Å². The maximum atomic E-state index is 13.5. The number of hydrogen-bond donors (Lipinski definition) is 0. The van der Waals surface area contributed by atoms with Crippen LogP contribution in [0.1, 0.15) is 0 Å². The van der Waals surface area contributed by atoms with E-state index in [-0.39, 0.29) is 27.5 Å². The van der Waals surface area contributed by atoms with E-state index in [4.69, 9.17) is 4.42 Å². The first-order valence-corrected chi connectivity index (χ1v) is 12.1. The fourth-order valence-corrected chi connectivity index (χ4v) is 5.25. The van der Waals surface area contributed by atoms with Crippen LogP contribution in [0, 0.1) is 5.82 Å². The third kappa shape index (κ3) is 4.21. The highest BCUT2D eigenvalue weighted by Crippen LogP contribution is 2.35. The van der Waals surface area contributed by atoms with E-state index in [2.05, 4.69) is 22.0 Å². The Hall–Kier alpha value is -3.65. The molecule has 0 N–H and O–H groups in total. The molecule has 0 aliphatic carbocycles. The molecule has 3 aromatic carbocycles. The van der Waals surface area contributed by atoms with Crippen LogP contribution in [0.3, 0.4) is 0 Å². The SMILES string of the molecule is O=S(=O)(c1ccccc1)c1nc(-c2ccc(F)cc2)oc1N1CCN(c2ccccc2)CC1. The smallest absolute Gasteiger partial charge is 0.236 e. The minimum absolute atomic E-state index is 0.124. The number of anilines is 2. The van der Waals surface area contributed by atoms with Crippen LogP contribution >= 0.6 is 0 Å². The number of aromatic nitrogens is 1. The van der Waals surface area contributed by atoms with Crippen LogP contribution in [0.2, 0.25) is 0 Å². The summed E-state index contributed by atoms with van der Waals surface area (Å²) < 4.78 is 46.4. The molecule has 1 aromatic heterocycles. The van der Waals surface area contributed by atoms with E-state index in [9.17, 15) is 12.8 Å². The van der Waals surface area contributed by atoms with Crippen molar-refractivity contribution in [2.75, 3.05) is 36.0 Å². The van der Waals surface area contributed by atoms with Gasteiger partial charge in [-0.15, -0.1) is 0 Å². The van der Waals surface area contributed by atoms with Gasteiger partial charge in [0.25, 0.3) is 0 Å². The molecule has 0 atom stereocenters. The molecule has 8 heteroatoms. The van der Waals surface area contributed by atoms with E-state index < -0.39 is 9.84 Å². The number of sulfone groups is 1. The van der Waals surface area contributed by atoms with E-state index >= 15 is 0 Å². The second-order valence-corrected chi connectivity index (χ2v) is 9.63. The van der Waals surface area contributed by atoms with Gasteiger partial charge in [0.2, 0.25) is 26.6 Å². The maximum absolute atomic E-state index is 13.5. The standard InChI is InChI=1S/C25H22FN3O3S/c26-20-13-11-19(12-14-20)23-27-24(33(30,31)22-9-5-2-6-10-22)25(32-23)29-17-15-28(16-18-29)21-7-3-1-4-8-21/h1-14H,15-18H2. The van der Waals surface area contributed by atoms with Crippen LogP contribution in [-0.4, -0.2) is 39.6 Å². The van der Waals surface area contributed by atoms with Crippen LogP contribution in [0.15, 0.2) is 99.3 Å². The maximum Gasteiger partial charge on any atom is 0.236 e. The second-order valence-electron chi connectivity index (χ2n) is 7.76. The molecular weight excluding hydrogens is 441 g/mol. The third-order valence-corrected chi connectivity index (χ3v) is 7.33. The predicted octanol–water partition coefficient (Wildman–Crippen LogP) is 4.64. The van der Waals surface area contributed by atoms with Crippen molar-refractivity contribution in [2.24, 2.45) is 0 Å². The first-order chi connectivity index (χ1) is 16.0. The first kappa shape index (κ1) is 21.2. The Kier molecular flexibility index (Phi) is 5.60. The minimum atomic E-state index is -3.91. The molecule has 5 rings (SSSR count). The summed E-state index contributed by atoms with van der Waals surface area (Å²) in [4.78, 5) is 8.69. The number of benzene rings is 3. The Labute approximate surface area is 191 Å². The van der Waals surface area contributed by atoms with E-state index in [0.717, 1.165) is 5.69 Å². The van der Waals surface area contributed by atoms with Gasteiger partial charge in [-0.25, -0.2) is 12.8 Å². The summed E-state index contributed by atoms with van der Waals surface area (Å²) in [6, 6.07) is 23.9. The monoisotopic (exact) mass is 463 g/mol. The largest absolute Gasteiger partial charge is 0.419 e. The van der Waals surface area contributed by atoms with Gasteiger partial charge in [-0.05, 0) is 48.5 Å². The highest BCUT2D eigenvalue weighted by Gasteiger charge is 2.32. The van der Waals surface area contributed by atoms with E-state index in [1.54, 1.807) is 30.3 Å². The molecular formula is C25H22FN3O3S. The van der Waals surface area contributed by atoms with Crippen molar-refractivity contribution < 1.29 is 17.2 Å². The van der Waals surface area contributed by atoms with E-state index in [1.807, 2.05) is 23.1 Å². The lowest BCUT2D eigenvalue weighted by atomic mass is 10.2. The van der Waals surface area contributed by atoms with E-state index in [0.29, 0.717) is 31.7 Å². The quantitative estimate of drug-likeness (QED) is 0.430. The first-order valence-electron chi connectivity index (χ1n) is 10.6. The molecule has 0 radical (unpaired) electrons. The molecule has 0 amide bonds. The number of para-hydroxylation sites is 1. The van der Waals surface area contributed by atoms with Gasteiger partial charge in [-0.2, -0.15) is 4.98 Å². The molecule has 0 bridgehead atoms. The fraction of sp³-hybridized carbons (Fsp3) is 0.160. The predicted molar refractivity (Wildman–Crippen MR) is 125 cm³/mol. The number of halogens is 1. The Morgan fingerprint density at radius 1 is 0.758 bits per heavy atom. The molecule has 33 heavy (non-hydrogen) atoms. The minimum Gasteiger partial charge on any atom is -0.419 e. The summed E-state index contributed by atoms with van der Waals surface area (Å²) in [5.74, 6) is -0.0319. The zero-order valence-electron chi connectivity index (χ0n) is 17.8. The molecule has 0 spiro atoms. The number of hydrogen-bond acceptors (Lipinski definition) is 6. The zero-order chi connectivity index (χ0) is 22.8. The number of oxazole rings is 1. The molecule has 168 valence electrons. The number of rotatable bonds is 5. The normalized spacial score (nSPS) is 14.5. The van der Waals surface area contributed by atoms with Crippen LogP contribution in [-0.2, 0) is 9.84 Å². The topological polar surface area (TPSA) is 66.7 Å². The van der Waals surface area contributed by atoms with Gasteiger partial charge in [0.05, 0.1) is 4.90 Å². The fourth-order valence-electron chi connectivity index (χ4n) is 3.91. The Morgan fingerprint density at radius 3 is 1.97 bits per heavy atom. The van der Waals surface area contributed by atoms with Gasteiger partial charge in [0.15, 0.2) is 0 Å². The summed E-state index contributed by atoms with van der Waals surface area (Å²) in [5.41, 5.74) is 1.63. The van der Waals surface area contributed by atoms with Gasteiger partial charge < -0.3 is 14.2 Å². The average Bonchev–Trinajstić information content (AvgIpc) is 3.32. The Balaban J connectivity index is 1.51. The summed E-state index contributed by atoms with van der Waals surface area (Å²) in [7, 11) is -3.91. The lowest BCUT2D eigenvalue weighted by Gasteiger charge is -2.36. The highest BCUT2D eigenvalue weighted by molar-refractivity contribution is 7.91. The van der Waals surface area contributed by atoms with Crippen LogP contribution < -0.4 is 9.80 Å². The Bertz CT molecular complexity index is 1330. The summed E-state index contributed by atoms with van der Waals surface area (Å²) in [5, 5.41) is -0.124. The number of piperazine rings is 1. The Morgan fingerprint density at radius 2 is 1.33 bits per heavy atom. The number of nitrogens with zero attached hydrogens (tertiary/aromatic N) is 3. The molecule has 1 saturated heterocycles. The van der Waals surface area contributed by atoms with Crippen LogP contribution in [0.4, 0.5) is 16.0 Å². The molecule has 0 unspecified atom stereocenters. The van der Waals surface area contributed by atoms with Crippen LogP contribution in [0.5, 0.6) is 0 Å².